The summed E-state index contributed by atoms with van der Waals surface area (Å²) in [6.45, 7) is 10.8. The number of nitrogens with one attached hydrogen (secondary N) is 1. The minimum atomic E-state index is -0.389. The van der Waals surface area contributed by atoms with E-state index < -0.39 is 0 Å². The Morgan fingerprint density at radius 2 is 1.62 bits per heavy atom. The van der Waals surface area contributed by atoms with Gasteiger partial charge in [0.05, 0.1) is 5.54 Å². The Balaban J connectivity index is 1.42. The number of carbonyl (C=O) groups excluding carboxylic acids is 1. The first kappa shape index (κ1) is 16.8. The molecule has 4 aliphatic carbocycles. The van der Waals surface area contributed by atoms with E-state index in [1.807, 2.05) is 0 Å². The molecule has 0 spiro atoms. The average Bonchev–Trinajstić information content (AvgIpc) is 2.49. The topological polar surface area (TPSA) is 35.6 Å². The first-order valence-electron chi connectivity index (χ1n) is 10.0. The highest BCUT2D eigenvalue weighted by atomic mass is 16.2. The highest BCUT2D eigenvalue weighted by Crippen LogP contribution is 2.59. The molecule has 4 nitrogen and oxygen atoms in total. The summed E-state index contributed by atoms with van der Waals surface area (Å²) in [6, 6.07) is 0.439. The van der Waals surface area contributed by atoms with Crippen molar-refractivity contribution in [2.75, 3.05) is 33.2 Å². The Labute approximate surface area is 147 Å². The number of amides is 1. The molecule has 1 N–H and O–H groups in total. The van der Waals surface area contributed by atoms with E-state index in [4.69, 9.17) is 0 Å². The molecule has 5 fully saturated rings. The molecule has 136 valence electrons. The van der Waals surface area contributed by atoms with Crippen LogP contribution < -0.4 is 5.32 Å². The fourth-order valence-electron chi connectivity index (χ4n) is 6.50. The Hall–Kier alpha value is -0.610. The van der Waals surface area contributed by atoms with Crippen LogP contribution in [-0.2, 0) is 4.79 Å². The molecule has 1 heterocycles. The van der Waals surface area contributed by atoms with Crippen LogP contribution in [0.2, 0.25) is 0 Å². The molecule has 4 bridgehead atoms. The zero-order valence-electron chi connectivity index (χ0n) is 16.0. The van der Waals surface area contributed by atoms with E-state index in [-0.39, 0.29) is 11.4 Å². The maximum absolute atomic E-state index is 13.2. The number of piperazine rings is 1. The van der Waals surface area contributed by atoms with Crippen LogP contribution in [0, 0.1) is 23.2 Å². The lowest BCUT2D eigenvalue weighted by molar-refractivity contribution is -0.138. The van der Waals surface area contributed by atoms with E-state index in [1.54, 1.807) is 0 Å². The Morgan fingerprint density at radius 3 is 2.17 bits per heavy atom. The first-order valence-corrected chi connectivity index (χ1v) is 10.0. The van der Waals surface area contributed by atoms with Crippen molar-refractivity contribution in [2.45, 2.75) is 64.5 Å². The van der Waals surface area contributed by atoms with Crippen LogP contribution in [0.1, 0.15) is 52.9 Å². The van der Waals surface area contributed by atoms with Gasteiger partial charge in [-0.15, -0.1) is 0 Å². The van der Waals surface area contributed by atoms with Crippen molar-refractivity contribution in [3.8, 4) is 0 Å². The summed E-state index contributed by atoms with van der Waals surface area (Å²) in [7, 11) is 2.17. The van der Waals surface area contributed by atoms with Crippen molar-refractivity contribution in [3.05, 3.63) is 0 Å². The smallest absolute Gasteiger partial charge is 0.240 e. The van der Waals surface area contributed by atoms with Gasteiger partial charge < -0.3 is 10.2 Å². The molecule has 1 aliphatic heterocycles. The number of carbonyl (C=O) groups is 1. The lowest BCUT2D eigenvalue weighted by atomic mass is 9.48. The summed E-state index contributed by atoms with van der Waals surface area (Å²) < 4.78 is 0. The molecule has 5 aliphatic rings. The Morgan fingerprint density at radius 1 is 1.04 bits per heavy atom. The largest absolute Gasteiger partial charge is 0.351 e. The number of nitrogens with zero attached hydrogens (tertiary/aromatic N) is 2. The highest BCUT2D eigenvalue weighted by molar-refractivity contribution is 5.85. The molecule has 4 heteroatoms. The van der Waals surface area contributed by atoms with Gasteiger partial charge in [0.25, 0.3) is 0 Å². The van der Waals surface area contributed by atoms with Gasteiger partial charge >= 0.3 is 0 Å². The third-order valence-electron chi connectivity index (χ3n) is 7.73. The van der Waals surface area contributed by atoms with Crippen LogP contribution in [0.15, 0.2) is 0 Å². The predicted octanol–water partition coefficient (Wildman–Crippen LogP) is 2.34. The van der Waals surface area contributed by atoms with Crippen molar-refractivity contribution in [1.29, 1.82) is 0 Å². The molecule has 1 amide bonds. The zero-order valence-corrected chi connectivity index (χ0v) is 16.0. The van der Waals surface area contributed by atoms with Crippen LogP contribution in [0.4, 0.5) is 0 Å². The van der Waals surface area contributed by atoms with Gasteiger partial charge in [0, 0.05) is 32.2 Å². The van der Waals surface area contributed by atoms with E-state index in [2.05, 4.69) is 42.9 Å². The Bertz CT molecular complexity index is 493. The molecular formula is C20H35N3O. The fourth-order valence-corrected chi connectivity index (χ4v) is 6.50. The lowest BCUT2D eigenvalue weighted by Gasteiger charge is -2.59. The predicted molar refractivity (Wildman–Crippen MR) is 96.7 cm³/mol. The van der Waals surface area contributed by atoms with Crippen LogP contribution >= 0.6 is 0 Å². The minimum Gasteiger partial charge on any atom is -0.351 e. The number of rotatable bonds is 3. The summed E-state index contributed by atoms with van der Waals surface area (Å²) in [5.74, 6) is 2.66. The number of hydrogen-bond donors (Lipinski definition) is 1. The van der Waals surface area contributed by atoms with Gasteiger partial charge in [-0.3, -0.25) is 9.69 Å². The maximum atomic E-state index is 13.2. The van der Waals surface area contributed by atoms with Gasteiger partial charge in [0.2, 0.25) is 5.91 Å². The average molecular weight is 334 g/mol. The quantitative estimate of drug-likeness (QED) is 0.861. The molecule has 5 rings (SSSR count). The van der Waals surface area contributed by atoms with Gasteiger partial charge in [0.15, 0.2) is 0 Å². The molecule has 0 radical (unpaired) electrons. The van der Waals surface area contributed by atoms with Gasteiger partial charge in [-0.25, -0.2) is 0 Å². The van der Waals surface area contributed by atoms with E-state index in [9.17, 15) is 4.79 Å². The van der Waals surface area contributed by atoms with Crippen molar-refractivity contribution in [3.63, 3.8) is 0 Å². The molecule has 24 heavy (non-hydrogen) atoms. The third kappa shape index (κ3) is 2.80. The van der Waals surface area contributed by atoms with Crippen molar-refractivity contribution >= 4 is 5.91 Å². The highest BCUT2D eigenvalue weighted by Gasteiger charge is 2.54. The fraction of sp³-hybridized carbons (Fsp3) is 0.950. The molecule has 1 saturated heterocycles. The number of hydrogen-bond acceptors (Lipinski definition) is 3. The van der Waals surface area contributed by atoms with Crippen LogP contribution in [-0.4, -0.2) is 60.5 Å². The minimum absolute atomic E-state index is 0.259. The van der Waals surface area contributed by atoms with Crippen LogP contribution in [0.25, 0.3) is 0 Å². The summed E-state index contributed by atoms with van der Waals surface area (Å²) in [5.41, 5.74) is 0.185. The SMILES string of the molecule is CN1CCN(C(C)(C)C(=O)NC2C3CC4CC2CC(C)(C4)C3)CC1. The summed E-state index contributed by atoms with van der Waals surface area (Å²) >= 11 is 0. The number of likely N-dealkylation sites (N-methyl/N-ethyl adjacent to an activating group) is 1. The van der Waals surface area contributed by atoms with Crippen molar-refractivity contribution in [2.24, 2.45) is 23.2 Å². The van der Waals surface area contributed by atoms with E-state index >= 15 is 0 Å². The standard InChI is InChI=1S/C20H35N3O/c1-19(2,23-7-5-22(4)6-8-23)18(24)21-17-15-9-14-10-16(17)13-20(3,11-14)12-15/h14-17H,5-13H2,1-4H3,(H,21,24). The molecule has 2 atom stereocenters. The zero-order chi connectivity index (χ0) is 17.1. The third-order valence-corrected chi connectivity index (χ3v) is 7.73. The summed E-state index contributed by atoms with van der Waals surface area (Å²) in [6.07, 6.45) is 6.81. The molecule has 4 saturated carbocycles. The van der Waals surface area contributed by atoms with E-state index in [0.29, 0.717) is 11.5 Å². The summed E-state index contributed by atoms with van der Waals surface area (Å²) in [5, 5.41) is 3.53. The maximum Gasteiger partial charge on any atom is 0.240 e. The first-order chi connectivity index (χ1) is 11.3. The van der Waals surface area contributed by atoms with Gasteiger partial charge in [-0.05, 0) is 76.2 Å². The molecule has 0 aromatic rings. The van der Waals surface area contributed by atoms with E-state index in [1.165, 1.54) is 32.1 Å². The molecule has 0 aromatic heterocycles. The van der Waals surface area contributed by atoms with Gasteiger partial charge in [-0.1, -0.05) is 6.92 Å². The second-order valence-electron chi connectivity index (χ2n) is 10.1. The second-order valence-corrected chi connectivity index (χ2v) is 10.1. The van der Waals surface area contributed by atoms with Crippen molar-refractivity contribution < 1.29 is 4.79 Å². The van der Waals surface area contributed by atoms with Gasteiger partial charge in [-0.2, -0.15) is 0 Å². The van der Waals surface area contributed by atoms with E-state index in [0.717, 1.165) is 43.9 Å². The summed E-state index contributed by atoms with van der Waals surface area (Å²) in [4.78, 5) is 17.9. The second kappa shape index (κ2) is 5.70. The molecular weight excluding hydrogens is 298 g/mol. The van der Waals surface area contributed by atoms with Gasteiger partial charge in [0.1, 0.15) is 0 Å². The van der Waals surface area contributed by atoms with Crippen LogP contribution in [0.3, 0.4) is 0 Å². The lowest BCUT2D eigenvalue weighted by Crippen LogP contribution is -2.65. The monoisotopic (exact) mass is 333 g/mol. The molecule has 2 unspecified atom stereocenters. The van der Waals surface area contributed by atoms with Crippen LogP contribution in [0.5, 0.6) is 0 Å². The Kier molecular flexibility index (Phi) is 4.00. The molecule has 0 aromatic carbocycles. The van der Waals surface area contributed by atoms with Crippen molar-refractivity contribution in [1.82, 2.24) is 15.1 Å². The normalized spacial score (nSPS) is 43.2.